The molecule has 1 unspecified atom stereocenters. The van der Waals surface area contributed by atoms with Gasteiger partial charge in [-0.2, -0.15) is 0 Å². The lowest BCUT2D eigenvalue weighted by atomic mass is 10.2. The van der Waals surface area contributed by atoms with Gasteiger partial charge in [0.25, 0.3) is 16.8 Å². The van der Waals surface area contributed by atoms with Crippen LogP contribution in [-0.4, -0.2) is 21.7 Å². The van der Waals surface area contributed by atoms with E-state index in [0.717, 1.165) is 0 Å². The predicted molar refractivity (Wildman–Crippen MR) is 92.3 cm³/mol. The molecule has 0 saturated carbocycles. The van der Waals surface area contributed by atoms with Crippen LogP contribution >= 0.6 is 11.8 Å². The second-order valence-electron chi connectivity index (χ2n) is 5.44. The van der Waals surface area contributed by atoms with Crippen molar-refractivity contribution in [1.82, 2.24) is 10.2 Å². The first-order chi connectivity index (χ1) is 12.7. The van der Waals surface area contributed by atoms with Crippen LogP contribution in [0.2, 0.25) is 0 Å². The summed E-state index contributed by atoms with van der Waals surface area (Å²) in [4.78, 5) is 10.7. The third-order valence-electron chi connectivity index (χ3n) is 3.75. The minimum Gasteiger partial charge on any atom is -0.485 e. The molecule has 1 aromatic heterocycles. The van der Waals surface area contributed by atoms with Gasteiger partial charge in [-0.15, -0.1) is 10.2 Å². The summed E-state index contributed by atoms with van der Waals surface area (Å²) in [5.74, 6) is 1.96. The Balaban J connectivity index is 1.44. The lowest BCUT2D eigenvalue weighted by molar-refractivity contribution is -0.385. The third kappa shape index (κ3) is 3.33. The molecule has 132 valence electrons. The van der Waals surface area contributed by atoms with Crippen molar-refractivity contribution in [2.75, 3.05) is 6.61 Å². The van der Waals surface area contributed by atoms with Gasteiger partial charge in [0.05, 0.1) is 4.92 Å². The van der Waals surface area contributed by atoms with Crippen LogP contribution in [0, 0.1) is 10.1 Å². The van der Waals surface area contributed by atoms with Crippen molar-refractivity contribution in [2.45, 2.75) is 17.1 Å². The summed E-state index contributed by atoms with van der Waals surface area (Å²) >= 11 is 1.23. The summed E-state index contributed by atoms with van der Waals surface area (Å²) < 4.78 is 17.1. The van der Waals surface area contributed by atoms with Gasteiger partial charge in [-0.1, -0.05) is 42.1 Å². The molecule has 0 radical (unpaired) electrons. The molecule has 0 amide bonds. The largest absolute Gasteiger partial charge is 0.485 e. The fourth-order valence-corrected chi connectivity index (χ4v) is 3.27. The van der Waals surface area contributed by atoms with Crippen molar-refractivity contribution in [3.05, 3.63) is 70.1 Å². The Bertz CT molecular complexity index is 945. The Morgan fingerprint density at radius 2 is 1.88 bits per heavy atom. The van der Waals surface area contributed by atoms with Gasteiger partial charge in [0.1, 0.15) is 6.61 Å². The average Bonchev–Trinajstić information content (AvgIpc) is 3.15. The van der Waals surface area contributed by atoms with E-state index in [-0.39, 0.29) is 12.3 Å². The number of fused-ring (bicyclic) bond motifs is 1. The second-order valence-corrected chi connectivity index (χ2v) is 6.37. The molecule has 0 saturated heterocycles. The number of aromatic nitrogens is 2. The third-order valence-corrected chi connectivity index (χ3v) is 4.61. The number of ether oxygens (including phenoxy) is 2. The van der Waals surface area contributed by atoms with Crippen LogP contribution in [0.25, 0.3) is 0 Å². The van der Waals surface area contributed by atoms with Crippen LogP contribution in [-0.2, 0) is 5.75 Å². The van der Waals surface area contributed by atoms with Crippen molar-refractivity contribution < 1.29 is 18.8 Å². The maximum atomic E-state index is 11.1. The molecule has 0 bridgehead atoms. The van der Waals surface area contributed by atoms with E-state index >= 15 is 0 Å². The zero-order valence-electron chi connectivity index (χ0n) is 13.4. The summed E-state index contributed by atoms with van der Waals surface area (Å²) in [5.41, 5.74) is 0.661. The smallest absolute Gasteiger partial charge is 0.277 e. The highest BCUT2D eigenvalue weighted by atomic mass is 32.2. The maximum absolute atomic E-state index is 11.1. The number of hydrogen-bond donors (Lipinski definition) is 0. The van der Waals surface area contributed by atoms with E-state index in [0.29, 0.717) is 33.9 Å². The van der Waals surface area contributed by atoms with E-state index in [1.165, 1.54) is 17.8 Å². The molecule has 9 heteroatoms. The summed E-state index contributed by atoms with van der Waals surface area (Å²) in [6, 6.07) is 13.9. The van der Waals surface area contributed by atoms with Crippen LogP contribution in [0.5, 0.6) is 11.5 Å². The molecule has 1 aliphatic rings. The lowest BCUT2D eigenvalue weighted by Crippen LogP contribution is -2.21. The molecule has 0 fully saturated rings. The molecule has 8 nitrogen and oxygen atoms in total. The number of rotatable bonds is 5. The summed E-state index contributed by atoms with van der Waals surface area (Å²) in [6.45, 7) is 0.271. The minimum atomic E-state index is -0.488. The Morgan fingerprint density at radius 3 is 2.73 bits per heavy atom. The van der Waals surface area contributed by atoms with Gasteiger partial charge in [0.15, 0.2) is 11.5 Å². The molecule has 0 aliphatic carbocycles. The maximum Gasteiger partial charge on any atom is 0.277 e. The highest BCUT2D eigenvalue weighted by Gasteiger charge is 2.27. The first-order valence-electron chi connectivity index (χ1n) is 7.77. The van der Waals surface area contributed by atoms with E-state index in [2.05, 4.69) is 10.2 Å². The SMILES string of the molecule is O=[N+]([O-])c1ccccc1CSc1nnc(C2COc3ccccc3O2)o1. The molecule has 26 heavy (non-hydrogen) atoms. The molecular weight excluding hydrogens is 358 g/mol. The van der Waals surface area contributed by atoms with Crippen LogP contribution in [0.1, 0.15) is 17.6 Å². The zero-order chi connectivity index (χ0) is 17.9. The molecule has 1 aliphatic heterocycles. The van der Waals surface area contributed by atoms with Crippen molar-refractivity contribution in [3.63, 3.8) is 0 Å². The van der Waals surface area contributed by atoms with Crippen LogP contribution in [0.3, 0.4) is 0 Å². The van der Waals surface area contributed by atoms with Gasteiger partial charge in [0, 0.05) is 17.4 Å². The predicted octanol–water partition coefficient (Wildman–Crippen LogP) is 3.78. The van der Waals surface area contributed by atoms with E-state index in [1.54, 1.807) is 18.2 Å². The number of nitro groups is 1. The van der Waals surface area contributed by atoms with Gasteiger partial charge in [-0.3, -0.25) is 10.1 Å². The molecular formula is C17H13N3O5S. The van der Waals surface area contributed by atoms with Crippen LogP contribution in [0.15, 0.2) is 58.2 Å². The van der Waals surface area contributed by atoms with E-state index in [1.807, 2.05) is 24.3 Å². The molecule has 0 spiro atoms. The molecule has 2 aromatic carbocycles. The summed E-state index contributed by atoms with van der Waals surface area (Å²) in [6.07, 6.45) is -0.488. The molecule has 4 rings (SSSR count). The van der Waals surface area contributed by atoms with Gasteiger partial charge < -0.3 is 13.9 Å². The Labute approximate surface area is 152 Å². The van der Waals surface area contributed by atoms with Crippen molar-refractivity contribution in [3.8, 4) is 11.5 Å². The molecule has 3 aromatic rings. The van der Waals surface area contributed by atoms with E-state index in [9.17, 15) is 10.1 Å². The number of thioether (sulfide) groups is 1. The number of nitro benzene ring substituents is 1. The van der Waals surface area contributed by atoms with E-state index in [4.69, 9.17) is 13.9 Å². The number of nitrogens with zero attached hydrogens (tertiary/aromatic N) is 3. The summed E-state index contributed by atoms with van der Waals surface area (Å²) in [5, 5.41) is 19.4. The fourth-order valence-electron chi connectivity index (χ4n) is 2.50. The second kappa shape index (κ2) is 7.04. The van der Waals surface area contributed by atoms with Gasteiger partial charge >= 0.3 is 0 Å². The highest BCUT2D eigenvalue weighted by Crippen LogP contribution is 2.36. The molecule has 2 heterocycles. The van der Waals surface area contributed by atoms with Crippen molar-refractivity contribution in [1.29, 1.82) is 0 Å². The number of para-hydroxylation sites is 3. The zero-order valence-corrected chi connectivity index (χ0v) is 14.2. The van der Waals surface area contributed by atoms with Gasteiger partial charge in [-0.25, -0.2) is 0 Å². The van der Waals surface area contributed by atoms with Crippen molar-refractivity contribution in [2.24, 2.45) is 0 Å². The van der Waals surface area contributed by atoms with Gasteiger partial charge in [0.2, 0.25) is 6.10 Å². The minimum absolute atomic E-state index is 0.0698. The lowest BCUT2D eigenvalue weighted by Gasteiger charge is -2.23. The monoisotopic (exact) mass is 371 g/mol. The topological polar surface area (TPSA) is 101 Å². The standard InChI is InChI=1S/C17H13N3O5S/c21-20(22)12-6-2-1-5-11(12)10-26-17-19-18-16(25-17)15-9-23-13-7-3-4-8-14(13)24-15/h1-8,15H,9-10H2. The first kappa shape index (κ1) is 16.4. The number of benzene rings is 2. The normalized spacial score (nSPS) is 15.6. The van der Waals surface area contributed by atoms with Gasteiger partial charge in [-0.05, 0) is 12.1 Å². The molecule has 0 N–H and O–H groups in total. The average molecular weight is 371 g/mol. The number of hydrogen-bond acceptors (Lipinski definition) is 8. The Kier molecular flexibility index (Phi) is 4.44. The van der Waals surface area contributed by atoms with Crippen LogP contribution in [0.4, 0.5) is 5.69 Å². The first-order valence-corrected chi connectivity index (χ1v) is 8.76. The fraction of sp³-hybridized carbons (Fsp3) is 0.176. The summed E-state index contributed by atoms with van der Waals surface area (Å²) in [7, 11) is 0. The van der Waals surface area contributed by atoms with E-state index < -0.39 is 11.0 Å². The Hall–Kier alpha value is -3.07. The Morgan fingerprint density at radius 1 is 1.12 bits per heavy atom. The highest BCUT2D eigenvalue weighted by molar-refractivity contribution is 7.98. The van der Waals surface area contributed by atoms with Crippen molar-refractivity contribution >= 4 is 17.4 Å². The quantitative estimate of drug-likeness (QED) is 0.379. The van der Waals surface area contributed by atoms with Crippen LogP contribution < -0.4 is 9.47 Å². The molecule has 1 atom stereocenters.